The van der Waals surface area contributed by atoms with E-state index in [0.29, 0.717) is 43.7 Å². The fraction of sp³-hybridized carbons (Fsp3) is 0.480. The van der Waals surface area contributed by atoms with Gasteiger partial charge in [0.2, 0.25) is 5.91 Å². The van der Waals surface area contributed by atoms with Crippen LogP contribution < -0.4 is 0 Å². The standard InChI is InChI=1S/C25H31NO4/c1-6-10-21-15-17(2)24(18(3)16-21)25-22(29)11-9-14-26(19(4)27)13-8-7-12-23(25)30-20(5)28/h15-16H,7-9,11-14H2,1-5H3/b25-23-. The molecule has 1 aromatic carbocycles. The first-order valence-electron chi connectivity index (χ1n) is 10.5. The molecule has 0 saturated carbocycles. The average Bonchev–Trinajstić information content (AvgIpc) is 2.67. The van der Waals surface area contributed by atoms with E-state index in [1.54, 1.807) is 18.7 Å². The molecule has 0 N–H and O–H groups in total. The van der Waals surface area contributed by atoms with Crippen molar-refractivity contribution in [3.05, 3.63) is 40.1 Å². The lowest BCUT2D eigenvalue weighted by Crippen LogP contribution is -2.31. The van der Waals surface area contributed by atoms with Crippen LogP contribution in [0.2, 0.25) is 0 Å². The molecule has 160 valence electrons. The normalized spacial score (nSPS) is 18.2. The van der Waals surface area contributed by atoms with Crippen LogP contribution in [0.4, 0.5) is 0 Å². The molecule has 1 amide bonds. The monoisotopic (exact) mass is 409 g/mol. The number of Topliss-reactive ketones (excluding diaryl/α,β-unsaturated/α-hetero) is 1. The molecule has 1 aromatic rings. The summed E-state index contributed by atoms with van der Waals surface area (Å²) in [7, 11) is 0. The minimum atomic E-state index is -0.431. The molecule has 30 heavy (non-hydrogen) atoms. The fourth-order valence-electron chi connectivity index (χ4n) is 3.98. The molecule has 1 heterocycles. The highest BCUT2D eigenvalue weighted by molar-refractivity contribution is 6.22. The summed E-state index contributed by atoms with van der Waals surface area (Å²) in [6.45, 7) is 9.82. The molecule has 0 atom stereocenters. The summed E-state index contributed by atoms with van der Waals surface area (Å²) in [5, 5.41) is 0. The molecule has 0 radical (unpaired) electrons. The molecule has 0 aromatic heterocycles. The van der Waals surface area contributed by atoms with E-state index in [2.05, 4.69) is 11.8 Å². The molecule has 1 aliphatic rings. The van der Waals surface area contributed by atoms with Gasteiger partial charge in [-0.05, 0) is 68.9 Å². The molecule has 5 nitrogen and oxygen atoms in total. The van der Waals surface area contributed by atoms with Gasteiger partial charge in [0.15, 0.2) is 5.78 Å². The summed E-state index contributed by atoms with van der Waals surface area (Å²) in [6, 6.07) is 3.93. The third-order valence-corrected chi connectivity index (χ3v) is 5.24. The third kappa shape index (κ3) is 6.06. The number of esters is 1. The zero-order valence-corrected chi connectivity index (χ0v) is 18.7. The predicted octanol–water partition coefficient (Wildman–Crippen LogP) is 4.33. The highest BCUT2D eigenvalue weighted by Crippen LogP contribution is 2.32. The molecule has 0 fully saturated rings. The number of amides is 1. The Morgan fingerprint density at radius 1 is 1.00 bits per heavy atom. The summed E-state index contributed by atoms with van der Waals surface area (Å²) < 4.78 is 5.57. The molecule has 1 aliphatic heterocycles. The summed E-state index contributed by atoms with van der Waals surface area (Å²) in [6.07, 6.45) is 2.85. The van der Waals surface area contributed by atoms with Gasteiger partial charge < -0.3 is 9.64 Å². The zero-order chi connectivity index (χ0) is 22.3. The fourth-order valence-corrected chi connectivity index (χ4v) is 3.98. The van der Waals surface area contributed by atoms with E-state index in [-0.39, 0.29) is 11.7 Å². The van der Waals surface area contributed by atoms with Crippen molar-refractivity contribution in [2.24, 2.45) is 0 Å². The SMILES string of the molecule is CC#Cc1cc(C)c(/C2=C(\OC(C)=O)CCCCN(C(C)=O)CCCC2=O)c(C)c1. The lowest BCUT2D eigenvalue weighted by atomic mass is 9.88. The van der Waals surface area contributed by atoms with Crippen LogP contribution in [0.25, 0.3) is 5.57 Å². The number of ether oxygens (including phenoxy) is 1. The van der Waals surface area contributed by atoms with Gasteiger partial charge in [-0.1, -0.05) is 5.92 Å². The molecule has 0 bridgehead atoms. The second-order valence-corrected chi connectivity index (χ2v) is 7.74. The Labute approximate surface area is 179 Å². The predicted molar refractivity (Wildman–Crippen MR) is 118 cm³/mol. The summed E-state index contributed by atoms with van der Waals surface area (Å²) >= 11 is 0. The average molecular weight is 410 g/mol. The van der Waals surface area contributed by atoms with Crippen LogP contribution in [-0.4, -0.2) is 35.6 Å². The number of carbonyl (C=O) groups excluding carboxylic acids is 3. The topological polar surface area (TPSA) is 63.7 Å². The molecular formula is C25H31NO4. The smallest absolute Gasteiger partial charge is 0.307 e. The van der Waals surface area contributed by atoms with E-state index >= 15 is 0 Å². The van der Waals surface area contributed by atoms with Gasteiger partial charge in [0.25, 0.3) is 0 Å². The Morgan fingerprint density at radius 2 is 1.63 bits per heavy atom. The summed E-state index contributed by atoms with van der Waals surface area (Å²) in [5.74, 6) is 5.94. The van der Waals surface area contributed by atoms with E-state index < -0.39 is 5.97 Å². The first kappa shape index (κ1) is 23.4. The van der Waals surface area contributed by atoms with Crippen molar-refractivity contribution >= 4 is 23.2 Å². The molecule has 2 rings (SSSR count). The van der Waals surface area contributed by atoms with Crippen LogP contribution in [-0.2, 0) is 19.1 Å². The second-order valence-electron chi connectivity index (χ2n) is 7.74. The zero-order valence-electron chi connectivity index (χ0n) is 18.7. The number of aryl methyl sites for hydroxylation is 2. The first-order valence-corrected chi connectivity index (χ1v) is 10.5. The second kappa shape index (κ2) is 10.8. The number of ketones is 1. The third-order valence-electron chi connectivity index (χ3n) is 5.24. The number of benzene rings is 1. The van der Waals surface area contributed by atoms with Gasteiger partial charge in [-0.15, -0.1) is 5.92 Å². The lowest BCUT2D eigenvalue weighted by molar-refractivity contribution is -0.137. The number of allylic oxidation sites excluding steroid dienone is 2. The van der Waals surface area contributed by atoms with Gasteiger partial charge >= 0.3 is 5.97 Å². The Morgan fingerprint density at radius 3 is 2.20 bits per heavy atom. The van der Waals surface area contributed by atoms with Gasteiger partial charge in [0.1, 0.15) is 5.76 Å². The Hall–Kier alpha value is -2.87. The van der Waals surface area contributed by atoms with E-state index in [4.69, 9.17) is 4.74 Å². The number of rotatable bonds is 2. The van der Waals surface area contributed by atoms with Gasteiger partial charge in [0.05, 0.1) is 5.57 Å². The quantitative estimate of drug-likeness (QED) is 0.539. The summed E-state index contributed by atoms with van der Waals surface area (Å²) in [4.78, 5) is 38.8. The van der Waals surface area contributed by atoms with Crippen LogP contribution >= 0.6 is 0 Å². The van der Waals surface area contributed by atoms with E-state index in [9.17, 15) is 14.4 Å². The molecule has 0 aliphatic carbocycles. The number of carbonyl (C=O) groups is 3. The van der Waals surface area contributed by atoms with Crippen LogP contribution in [0.5, 0.6) is 0 Å². The first-order chi connectivity index (χ1) is 14.2. The number of nitrogens with zero attached hydrogens (tertiary/aromatic N) is 1. The number of hydrogen-bond donors (Lipinski definition) is 0. The highest BCUT2D eigenvalue weighted by Gasteiger charge is 2.24. The molecule has 5 heteroatoms. The van der Waals surface area contributed by atoms with Crippen molar-refractivity contribution in [3.8, 4) is 11.8 Å². The highest BCUT2D eigenvalue weighted by atomic mass is 16.5. The summed E-state index contributed by atoms with van der Waals surface area (Å²) in [5.41, 5.74) is 4.07. The molecule has 0 unspecified atom stereocenters. The minimum Gasteiger partial charge on any atom is -0.430 e. The van der Waals surface area contributed by atoms with Crippen molar-refractivity contribution in [3.63, 3.8) is 0 Å². The Bertz CT molecular complexity index is 907. The van der Waals surface area contributed by atoms with E-state index in [1.165, 1.54) is 6.92 Å². The Kier molecular flexibility index (Phi) is 8.41. The maximum Gasteiger partial charge on any atom is 0.307 e. The lowest BCUT2D eigenvalue weighted by Gasteiger charge is -2.20. The maximum atomic E-state index is 13.3. The van der Waals surface area contributed by atoms with Crippen molar-refractivity contribution in [2.45, 2.75) is 66.7 Å². The van der Waals surface area contributed by atoms with Crippen LogP contribution in [0.15, 0.2) is 17.9 Å². The van der Waals surface area contributed by atoms with E-state index in [1.807, 2.05) is 26.0 Å². The van der Waals surface area contributed by atoms with Crippen LogP contribution in [0, 0.1) is 25.7 Å². The van der Waals surface area contributed by atoms with Crippen molar-refractivity contribution in [2.75, 3.05) is 13.1 Å². The molecule has 0 spiro atoms. The molecule has 0 saturated heterocycles. The van der Waals surface area contributed by atoms with Gasteiger partial charge in [-0.25, -0.2) is 0 Å². The van der Waals surface area contributed by atoms with Gasteiger partial charge in [-0.3, -0.25) is 14.4 Å². The van der Waals surface area contributed by atoms with E-state index in [0.717, 1.165) is 35.1 Å². The van der Waals surface area contributed by atoms with Crippen LogP contribution in [0.3, 0.4) is 0 Å². The largest absolute Gasteiger partial charge is 0.430 e. The van der Waals surface area contributed by atoms with Gasteiger partial charge in [0, 0.05) is 45.3 Å². The minimum absolute atomic E-state index is 0.0226. The van der Waals surface area contributed by atoms with Crippen molar-refractivity contribution in [1.82, 2.24) is 4.90 Å². The van der Waals surface area contributed by atoms with Crippen molar-refractivity contribution in [1.29, 1.82) is 0 Å². The van der Waals surface area contributed by atoms with Crippen molar-refractivity contribution < 1.29 is 19.1 Å². The number of hydrogen-bond acceptors (Lipinski definition) is 4. The Balaban J connectivity index is 2.57. The van der Waals surface area contributed by atoms with Gasteiger partial charge in [-0.2, -0.15) is 0 Å². The van der Waals surface area contributed by atoms with Crippen LogP contribution in [0.1, 0.15) is 75.1 Å². The molecular weight excluding hydrogens is 378 g/mol. The maximum absolute atomic E-state index is 13.3.